The topological polar surface area (TPSA) is 9.23 Å². The molecule has 0 aromatic heterocycles. The van der Waals surface area contributed by atoms with Gasteiger partial charge in [-0.3, -0.25) is 0 Å². The maximum absolute atomic E-state index is 5.83. The lowest BCUT2D eigenvalue weighted by Crippen LogP contribution is -2.08. The fraction of sp³-hybridized carbons (Fsp3) is 0.412. The summed E-state index contributed by atoms with van der Waals surface area (Å²) in [7, 11) is 0. The van der Waals surface area contributed by atoms with Gasteiger partial charge in [0.15, 0.2) is 0 Å². The second-order valence-electron chi connectivity index (χ2n) is 4.78. The van der Waals surface area contributed by atoms with Crippen molar-refractivity contribution in [3.8, 4) is 12.3 Å². The number of rotatable bonds is 6. The molecule has 0 unspecified atom stereocenters. The lowest BCUT2D eigenvalue weighted by Gasteiger charge is -2.13. The molecule has 0 heterocycles. The van der Waals surface area contributed by atoms with Crippen LogP contribution in [-0.4, -0.2) is 6.10 Å². The van der Waals surface area contributed by atoms with Crippen molar-refractivity contribution in [3.05, 3.63) is 47.0 Å². The summed E-state index contributed by atoms with van der Waals surface area (Å²) in [4.78, 5) is 0. The zero-order chi connectivity index (χ0) is 13.4. The van der Waals surface area contributed by atoms with Gasteiger partial charge >= 0.3 is 0 Å². The molecule has 0 N–H and O–H groups in total. The average Bonchev–Trinajstić information content (AvgIpc) is 2.36. The molecule has 0 radical (unpaired) electrons. The molecule has 1 atom stereocenters. The highest BCUT2D eigenvalue weighted by Crippen LogP contribution is 2.12. The molecular formula is C17H22O. The summed E-state index contributed by atoms with van der Waals surface area (Å²) in [6.45, 7) is 6.94. The smallest absolute Gasteiger partial charge is 0.0732 e. The molecule has 0 aliphatic rings. The predicted octanol–water partition coefficient (Wildman–Crippen LogP) is 4.32. The maximum Gasteiger partial charge on any atom is 0.0732 e. The summed E-state index contributed by atoms with van der Waals surface area (Å²) >= 11 is 0. The molecule has 0 bridgehead atoms. The molecule has 1 aromatic rings. The first-order valence-corrected chi connectivity index (χ1v) is 6.43. The number of allylic oxidation sites excluding steroid dienone is 2. The summed E-state index contributed by atoms with van der Waals surface area (Å²) in [5.41, 5.74) is 3.38. The molecule has 0 aliphatic heterocycles. The van der Waals surface area contributed by atoms with Gasteiger partial charge in [0.05, 0.1) is 12.7 Å². The highest BCUT2D eigenvalue weighted by Gasteiger charge is 2.04. The van der Waals surface area contributed by atoms with E-state index in [1.165, 1.54) is 5.57 Å². The highest BCUT2D eigenvalue weighted by atomic mass is 16.5. The molecule has 0 spiro atoms. The molecular weight excluding hydrogens is 220 g/mol. The number of terminal acetylenes is 1. The molecule has 0 saturated carbocycles. The van der Waals surface area contributed by atoms with Crippen molar-refractivity contribution in [2.75, 3.05) is 0 Å². The zero-order valence-corrected chi connectivity index (χ0v) is 11.6. The van der Waals surface area contributed by atoms with E-state index in [1.807, 2.05) is 24.3 Å². The van der Waals surface area contributed by atoms with E-state index >= 15 is 0 Å². The summed E-state index contributed by atoms with van der Waals surface area (Å²) in [5, 5.41) is 0. The van der Waals surface area contributed by atoms with E-state index < -0.39 is 0 Å². The molecule has 18 heavy (non-hydrogen) atoms. The van der Waals surface area contributed by atoms with Gasteiger partial charge in [0.25, 0.3) is 0 Å². The quantitative estimate of drug-likeness (QED) is 0.533. The summed E-state index contributed by atoms with van der Waals surface area (Å²) in [5.74, 6) is 2.69. The Morgan fingerprint density at radius 3 is 2.78 bits per heavy atom. The molecule has 0 aliphatic carbocycles. The largest absolute Gasteiger partial charge is 0.374 e. The maximum atomic E-state index is 5.83. The van der Waals surface area contributed by atoms with Crippen LogP contribution in [-0.2, 0) is 11.3 Å². The number of hydrogen-bond donors (Lipinski definition) is 0. The molecule has 96 valence electrons. The lowest BCUT2D eigenvalue weighted by molar-refractivity contribution is 0.0481. The molecule has 1 aromatic carbocycles. The summed E-state index contributed by atoms with van der Waals surface area (Å²) in [6.07, 6.45) is 10.1. The third-order valence-corrected chi connectivity index (χ3v) is 2.82. The Bertz CT molecular complexity index is 433. The highest BCUT2D eigenvalue weighted by molar-refractivity contribution is 5.39. The average molecular weight is 242 g/mol. The third-order valence-electron chi connectivity index (χ3n) is 2.82. The summed E-state index contributed by atoms with van der Waals surface area (Å²) in [6, 6.07) is 7.93. The molecule has 0 fully saturated rings. The van der Waals surface area contributed by atoms with Crippen LogP contribution in [0.2, 0.25) is 0 Å². The number of benzene rings is 1. The Morgan fingerprint density at radius 1 is 1.39 bits per heavy atom. The first-order valence-electron chi connectivity index (χ1n) is 6.43. The second kappa shape index (κ2) is 7.74. The van der Waals surface area contributed by atoms with Crippen LogP contribution < -0.4 is 0 Å². The van der Waals surface area contributed by atoms with E-state index in [9.17, 15) is 0 Å². The van der Waals surface area contributed by atoms with Crippen LogP contribution in [0, 0.1) is 12.3 Å². The Kier molecular flexibility index (Phi) is 6.25. The Labute approximate surface area is 111 Å². The van der Waals surface area contributed by atoms with E-state index in [0.29, 0.717) is 6.61 Å². The van der Waals surface area contributed by atoms with Crippen LogP contribution in [0.1, 0.15) is 44.7 Å². The SMILES string of the molecule is C#Cc1ccccc1CO[C@H](C)CCC=C(C)C. The van der Waals surface area contributed by atoms with Gasteiger partial charge < -0.3 is 4.74 Å². The first-order chi connectivity index (χ1) is 8.63. The van der Waals surface area contributed by atoms with Gasteiger partial charge in [-0.1, -0.05) is 35.8 Å². The van der Waals surface area contributed by atoms with E-state index in [-0.39, 0.29) is 6.10 Å². The van der Waals surface area contributed by atoms with Crippen LogP contribution in [0.25, 0.3) is 0 Å². The van der Waals surface area contributed by atoms with Crippen molar-refractivity contribution in [1.29, 1.82) is 0 Å². The Balaban J connectivity index is 2.41. The van der Waals surface area contributed by atoms with Crippen molar-refractivity contribution in [2.24, 2.45) is 0 Å². The standard InChI is InChI=1S/C17H22O/c1-5-16-11-6-7-12-17(16)13-18-15(4)10-8-9-14(2)3/h1,6-7,9,11-12,15H,8,10,13H2,2-4H3/t15-/m1/s1. The van der Waals surface area contributed by atoms with Crippen LogP contribution in [0.5, 0.6) is 0 Å². The van der Waals surface area contributed by atoms with Crippen LogP contribution in [0.3, 0.4) is 0 Å². The van der Waals surface area contributed by atoms with E-state index in [1.54, 1.807) is 0 Å². The zero-order valence-electron chi connectivity index (χ0n) is 11.6. The van der Waals surface area contributed by atoms with Crippen molar-refractivity contribution in [1.82, 2.24) is 0 Å². The fourth-order valence-corrected chi connectivity index (χ4v) is 1.71. The fourth-order valence-electron chi connectivity index (χ4n) is 1.71. The van der Waals surface area contributed by atoms with Crippen molar-refractivity contribution in [3.63, 3.8) is 0 Å². The number of ether oxygens (including phenoxy) is 1. The van der Waals surface area contributed by atoms with E-state index in [2.05, 4.69) is 32.8 Å². The first kappa shape index (κ1) is 14.5. The molecule has 0 amide bonds. The van der Waals surface area contributed by atoms with Gasteiger partial charge in [0.2, 0.25) is 0 Å². The third kappa shape index (κ3) is 5.21. The minimum atomic E-state index is 0.256. The van der Waals surface area contributed by atoms with Crippen LogP contribution >= 0.6 is 0 Å². The van der Waals surface area contributed by atoms with Crippen molar-refractivity contribution in [2.45, 2.75) is 46.3 Å². The van der Waals surface area contributed by atoms with Gasteiger partial charge in [-0.25, -0.2) is 0 Å². The minimum Gasteiger partial charge on any atom is -0.374 e. The van der Waals surface area contributed by atoms with Crippen LogP contribution in [0.15, 0.2) is 35.9 Å². The van der Waals surface area contributed by atoms with Gasteiger partial charge in [0, 0.05) is 5.56 Å². The van der Waals surface area contributed by atoms with Crippen molar-refractivity contribution >= 4 is 0 Å². The second-order valence-corrected chi connectivity index (χ2v) is 4.78. The van der Waals surface area contributed by atoms with E-state index in [0.717, 1.165) is 24.0 Å². The minimum absolute atomic E-state index is 0.256. The number of hydrogen-bond acceptors (Lipinski definition) is 1. The van der Waals surface area contributed by atoms with E-state index in [4.69, 9.17) is 11.2 Å². The molecule has 0 saturated heterocycles. The molecule has 1 heteroatoms. The van der Waals surface area contributed by atoms with Gasteiger partial charge in [-0.15, -0.1) is 6.42 Å². The predicted molar refractivity (Wildman–Crippen MR) is 77.3 cm³/mol. The van der Waals surface area contributed by atoms with Crippen molar-refractivity contribution < 1.29 is 4.74 Å². The Morgan fingerprint density at radius 2 is 2.11 bits per heavy atom. The normalized spacial score (nSPS) is 11.7. The molecule has 1 nitrogen and oxygen atoms in total. The van der Waals surface area contributed by atoms with Gasteiger partial charge in [-0.05, 0) is 45.2 Å². The van der Waals surface area contributed by atoms with Gasteiger partial charge in [0.1, 0.15) is 0 Å². The summed E-state index contributed by atoms with van der Waals surface area (Å²) < 4.78 is 5.83. The lowest BCUT2D eigenvalue weighted by atomic mass is 10.1. The monoisotopic (exact) mass is 242 g/mol. The molecule has 1 rings (SSSR count). The Hall–Kier alpha value is -1.52. The van der Waals surface area contributed by atoms with Gasteiger partial charge in [-0.2, -0.15) is 0 Å². The van der Waals surface area contributed by atoms with Crippen LogP contribution in [0.4, 0.5) is 0 Å².